The number of fused-ring (bicyclic) bond motifs is 1. The Morgan fingerprint density at radius 3 is 2.48 bits per heavy atom. The molecule has 0 fully saturated rings. The summed E-state index contributed by atoms with van der Waals surface area (Å²) in [7, 11) is 1.93. The first-order valence-electron chi connectivity index (χ1n) is 8.72. The number of hydrogen-bond donors (Lipinski definition) is 1. The third-order valence-electron chi connectivity index (χ3n) is 4.60. The van der Waals surface area contributed by atoms with Gasteiger partial charge in [0.15, 0.2) is 0 Å². The summed E-state index contributed by atoms with van der Waals surface area (Å²) in [6, 6.07) is 20.7. The van der Waals surface area contributed by atoms with Crippen LogP contribution in [0, 0.1) is 0 Å². The van der Waals surface area contributed by atoms with Crippen LogP contribution in [0.3, 0.4) is 0 Å². The molecule has 5 nitrogen and oxygen atoms in total. The van der Waals surface area contributed by atoms with E-state index < -0.39 is 0 Å². The highest BCUT2D eigenvalue weighted by atomic mass is 16.2. The van der Waals surface area contributed by atoms with Crippen LogP contribution >= 0.6 is 0 Å². The van der Waals surface area contributed by atoms with Crippen molar-refractivity contribution in [2.24, 2.45) is 7.05 Å². The van der Waals surface area contributed by atoms with Crippen LogP contribution in [-0.2, 0) is 16.6 Å². The second kappa shape index (κ2) is 6.96. The number of carbonyl (C=O) groups excluding carboxylic acids is 2. The Morgan fingerprint density at radius 2 is 1.74 bits per heavy atom. The van der Waals surface area contributed by atoms with Gasteiger partial charge in [0, 0.05) is 30.2 Å². The number of para-hydroxylation sites is 2. The summed E-state index contributed by atoms with van der Waals surface area (Å²) in [6.45, 7) is -0.0325. The maximum absolute atomic E-state index is 13.1. The third-order valence-corrected chi connectivity index (χ3v) is 4.60. The van der Waals surface area contributed by atoms with Gasteiger partial charge in [0.1, 0.15) is 6.54 Å². The summed E-state index contributed by atoms with van der Waals surface area (Å²) in [5.74, 6) is -0.398. The summed E-state index contributed by atoms with van der Waals surface area (Å²) < 4.78 is 1.95. The van der Waals surface area contributed by atoms with Gasteiger partial charge in [0.2, 0.25) is 5.91 Å². The second-order valence-corrected chi connectivity index (χ2v) is 6.42. The van der Waals surface area contributed by atoms with E-state index in [1.807, 2.05) is 90.6 Å². The Hall–Kier alpha value is -3.60. The number of hydrogen-bond acceptors (Lipinski definition) is 2. The molecule has 2 heterocycles. The maximum Gasteiger partial charge on any atom is 0.259 e. The minimum atomic E-state index is -0.232. The first-order valence-corrected chi connectivity index (χ1v) is 8.72. The van der Waals surface area contributed by atoms with E-state index in [2.05, 4.69) is 5.32 Å². The highest BCUT2D eigenvalue weighted by Gasteiger charge is 2.33. The van der Waals surface area contributed by atoms with Crippen LogP contribution in [0.5, 0.6) is 0 Å². The molecule has 0 saturated heterocycles. The smallest absolute Gasteiger partial charge is 0.259 e. The number of carbonyl (C=O) groups is 2. The molecular formula is C22H19N3O2. The zero-order chi connectivity index (χ0) is 18.8. The number of benzene rings is 2. The lowest BCUT2D eigenvalue weighted by molar-refractivity contribution is -0.118. The first-order chi connectivity index (χ1) is 13.1. The monoisotopic (exact) mass is 357 g/mol. The van der Waals surface area contributed by atoms with E-state index >= 15 is 0 Å². The third kappa shape index (κ3) is 3.27. The molecule has 0 saturated carbocycles. The van der Waals surface area contributed by atoms with Crippen LogP contribution in [0.2, 0.25) is 0 Å². The van der Waals surface area contributed by atoms with Gasteiger partial charge in [-0.3, -0.25) is 14.5 Å². The molecule has 4 rings (SSSR count). The summed E-state index contributed by atoms with van der Waals surface area (Å²) in [4.78, 5) is 27.1. The number of nitrogens with one attached hydrogen (secondary N) is 1. The standard InChI is InChI=1S/C22H19N3O2/c1-24-13-7-10-17(24)14-19-18-11-5-6-12-20(18)25(22(19)27)15-21(26)23-16-8-3-2-4-9-16/h2-14H,15H2,1H3,(H,23,26)/b19-14+. The van der Waals surface area contributed by atoms with Crippen molar-refractivity contribution in [2.75, 3.05) is 16.8 Å². The molecule has 0 aliphatic carbocycles. The molecule has 2 aromatic carbocycles. The molecule has 0 spiro atoms. The van der Waals surface area contributed by atoms with E-state index in [1.54, 1.807) is 0 Å². The Balaban J connectivity index is 1.62. The highest BCUT2D eigenvalue weighted by Crippen LogP contribution is 2.37. The predicted molar refractivity (Wildman–Crippen MR) is 107 cm³/mol. The number of nitrogens with zero attached hydrogens (tertiary/aromatic N) is 2. The summed E-state index contributed by atoms with van der Waals surface area (Å²) >= 11 is 0. The highest BCUT2D eigenvalue weighted by molar-refractivity contribution is 6.36. The largest absolute Gasteiger partial charge is 0.351 e. The molecular weight excluding hydrogens is 338 g/mol. The van der Waals surface area contributed by atoms with Gasteiger partial charge in [-0.25, -0.2) is 0 Å². The molecule has 1 aliphatic heterocycles. The fraction of sp³-hybridized carbons (Fsp3) is 0.0909. The van der Waals surface area contributed by atoms with Crippen LogP contribution in [0.4, 0.5) is 11.4 Å². The van der Waals surface area contributed by atoms with Gasteiger partial charge in [-0.2, -0.15) is 0 Å². The van der Waals surface area contributed by atoms with Crippen LogP contribution < -0.4 is 10.2 Å². The molecule has 5 heteroatoms. The Kier molecular flexibility index (Phi) is 4.34. The van der Waals surface area contributed by atoms with E-state index in [-0.39, 0.29) is 18.4 Å². The molecule has 1 aromatic heterocycles. The minimum absolute atomic E-state index is 0.0325. The number of amides is 2. The van der Waals surface area contributed by atoms with Gasteiger partial charge in [-0.05, 0) is 36.4 Å². The van der Waals surface area contributed by atoms with E-state index in [4.69, 9.17) is 0 Å². The number of aryl methyl sites for hydroxylation is 1. The minimum Gasteiger partial charge on any atom is -0.351 e. The van der Waals surface area contributed by atoms with Gasteiger partial charge in [0.05, 0.1) is 11.3 Å². The number of rotatable bonds is 4. The van der Waals surface area contributed by atoms with Crippen molar-refractivity contribution in [1.82, 2.24) is 4.57 Å². The molecule has 0 unspecified atom stereocenters. The molecule has 2 amide bonds. The van der Waals surface area contributed by atoms with Crippen molar-refractivity contribution in [3.05, 3.63) is 84.2 Å². The molecule has 134 valence electrons. The zero-order valence-corrected chi connectivity index (χ0v) is 14.9. The van der Waals surface area contributed by atoms with Gasteiger partial charge >= 0.3 is 0 Å². The fourth-order valence-electron chi connectivity index (χ4n) is 3.24. The molecule has 1 N–H and O–H groups in total. The first kappa shape index (κ1) is 16.8. The molecule has 0 bridgehead atoms. The Morgan fingerprint density at radius 1 is 1.00 bits per heavy atom. The van der Waals surface area contributed by atoms with E-state index in [0.717, 1.165) is 16.9 Å². The lowest BCUT2D eigenvalue weighted by Crippen LogP contribution is -2.35. The van der Waals surface area contributed by atoms with E-state index in [1.165, 1.54) is 4.90 Å². The summed E-state index contributed by atoms with van der Waals surface area (Å²) in [5.41, 5.74) is 3.84. The lowest BCUT2D eigenvalue weighted by atomic mass is 10.1. The van der Waals surface area contributed by atoms with Crippen molar-refractivity contribution >= 4 is 34.8 Å². The topological polar surface area (TPSA) is 54.3 Å². The molecule has 1 aliphatic rings. The van der Waals surface area contributed by atoms with E-state index in [9.17, 15) is 9.59 Å². The average molecular weight is 357 g/mol. The number of aromatic nitrogens is 1. The summed E-state index contributed by atoms with van der Waals surface area (Å²) in [6.07, 6.45) is 3.80. The van der Waals surface area contributed by atoms with Gasteiger partial charge in [0.25, 0.3) is 5.91 Å². The normalized spacial score (nSPS) is 14.5. The Bertz CT molecular complexity index is 1030. The molecule has 3 aromatic rings. The van der Waals surface area contributed by atoms with Gasteiger partial charge in [-0.1, -0.05) is 36.4 Å². The zero-order valence-electron chi connectivity index (χ0n) is 14.9. The Labute approximate surface area is 157 Å². The van der Waals surface area contributed by atoms with Crippen molar-refractivity contribution in [2.45, 2.75) is 0 Å². The van der Waals surface area contributed by atoms with Crippen LogP contribution in [-0.4, -0.2) is 22.9 Å². The lowest BCUT2D eigenvalue weighted by Gasteiger charge is -2.16. The van der Waals surface area contributed by atoms with Crippen molar-refractivity contribution in [3.8, 4) is 0 Å². The predicted octanol–water partition coefficient (Wildman–Crippen LogP) is 3.55. The van der Waals surface area contributed by atoms with Crippen LogP contribution in [0.25, 0.3) is 11.6 Å². The van der Waals surface area contributed by atoms with Crippen molar-refractivity contribution in [3.63, 3.8) is 0 Å². The maximum atomic E-state index is 13.1. The second-order valence-electron chi connectivity index (χ2n) is 6.42. The van der Waals surface area contributed by atoms with Crippen molar-refractivity contribution < 1.29 is 9.59 Å². The van der Waals surface area contributed by atoms with E-state index in [0.29, 0.717) is 11.3 Å². The summed E-state index contributed by atoms with van der Waals surface area (Å²) in [5, 5.41) is 2.83. The molecule has 0 radical (unpaired) electrons. The van der Waals surface area contributed by atoms with Crippen LogP contribution in [0.15, 0.2) is 72.9 Å². The molecule has 0 atom stereocenters. The van der Waals surface area contributed by atoms with Gasteiger partial charge < -0.3 is 9.88 Å². The fourth-order valence-corrected chi connectivity index (χ4v) is 3.24. The number of anilines is 2. The van der Waals surface area contributed by atoms with Gasteiger partial charge in [-0.15, -0.1) is 0 Å². The molecule has 27 heavy (non-hydrogen) atoms. The SMILES string of the molecule is Cn1cccc1/C=C1/C(=O)N(CC(=O)Nc2ccccc2)c2ccccc21. The van der Waals surface area contributed by atoms with Crippen LogP contribution in [0.1, 0.15) is 11.3 Å². The average Bonchev–Trinajstić information content (AvgIpc) is 3.19. The quantitative estimate of drug-likeness (QED) is 0.726. The van der Waals surface area contributed by atoms with Crippen molar-refractivity contribution in [1.29, 1.82) is 0 Å².